The van der Waals surface area contributed by atoms with Gasteiger partial charge in [-0.25, -0.2) is 9.78 Å². The fourth-order valence-electron chi connectivity index (χ4n) is 3.81. The molecule has 2 amide bonds. The van der Waals surface area contributed by atoms with Crippen molar-refractivity contribution in [2.24, 2.45) is 5.92 Å². The predicted octanol–water partition coefficient (Wildman–Crippen LogP) is 3.16. The van der Waals surface area contributed by atoms with Gasteiger partial charge in [0.05, 0.1) is 6.04 Å². The average molecular weight is 345 g/mol. The van der Waals surface area contributed by atoms with Gasteiger partial charge in [0.25, 0.3) is 0 Å². The van der Waals surface area contributed by atoms with Crippen LogP contribution in [0.25, 0.3) is 0 Å². The standard InChI is InChI=1S/C15H22F3N5O/c16-15(17,18)12(10-5-1-2-6-10)21-14(24)23-8-4-3-7-11(23)13-19-9-20-22-13/h9-12H,1-8H2,(H,21,24)(H,19,20,22)/t11-,12+/m0/s1. The molecule has 9 heteroatoms. The Morgan fingerprint density at radius 3 is 2.58 bits per heavy atom. The number of carbonyl (C=O) groups excluding carboxylic acids is 1. The summed E-state index contributed by atoms with van der Waals surface area (Å²) in [7, 11) is 0. The normalized spacial score (nSPS) is 24.1. The van der Waals surface area contributed by atoms with Crippen molar-refractivity contribution in [3.05, 3.63) is 12.2 Å². The van der Waals surface area contributed by atoms with Crippen LogP contribution >= 0.6 is 0 Å². The highest BCUT2D eigenvalue weighted by atomic mass is 19.4. The molecule has 2 aliphatic rings. The topological polar surface area (TPSA) is 73.9 Å². The molecule has 2 heterocycles. The Morgan fingerprint density at radius 2 is 1.96 bits per heavy atom. The highest BCUT2D eigenvalue weighted by Crippen LogP contribution is 2.36. The monoisotopic (exact) mass is 345 g/mol. The summed E-state index contributed by atoms with van der Waals surface area (Å²) >= 11 is 0. The number of amides is 2. The SMILES string of the molecule is O=C(N[C@H](C1CCCC1)C(F)(F)F)N1CCCC[C@H]1c1ncn[nH]1. The summed E-state index contributed by atoms with van der Waals surface area (Å²) < 4.78 is 40.2. The minimum atomic E-state index is -4.43. The van der Waals surface area contributed by atoms with Gasteiger partial charge in [-0.3, -0.25) is 5.10 Å². The van der Waals surface area contributed by atoms with Crippen molar-refractivity contribution in [2.45, 2.75) is 63.2 Å². The van der Waals surface area contributed by atoms with Crippen LogP contribution in [0.4, 0.5) is 18.0 Å². The molecule has 1 aliphatic carbocycles. The van der Waals surface area contributed by atoms with Gasteiger partial charge in [0.1, 0.15) is 18.2 Å². The molecule has 134 valence electrons. The van der Waals surface area contributed by atoms with E-state index < -0.39 is 24.2 Å². The molecule has 0 radical (unpaired) electrons. The molecule has 6 nitrogen and oxygen atoms in total. The summed E-state index contributed by atoms with van der Waals surface area (Å²) in [6, 6.07) is -2.78. The van der Waals surface area contributed by atoms with Crippen LogP contribution in [0, 0.1) is 5.92 Å². The zero-order chi connectivity index (χ0) is 17.2. The highest BCUT2D eigenvalue weighted by molar-refractivity contribution is 5.75. The number of halogens is 3. The van der Waals surface area contributed by atoms with E-state index in [9.17, 15) is 18.0 Å². The number of H-pyrrole nitrogens is 1. The number of aromatic amines is 1. The van der Waals surface area contributed by atoms with Crippen molar-refractivity contribution in [1.82, 2.24) is 25.4 Å². The molecule has 1 saturated heterocycles. The summed E-state index contributed by atoms with van der Waals surface area (Å²) in [6.07, 6.45) is 1.86. The fraction of sp³-hybridized carbons (Fsp3) is 0.800. The number of urea groups is 1. The number of nitrogens with one attached hydrogen (secondary N) is 2. The first-order chi connectivity index (χ1) is 11.5. The largest absolute Gasteiger partial charge is 0.408 e. The second-order valence-corrected chi connectivity index (χ2v) is 6.59. The molecule has 1 aromatic heterocycles. The summed E-state index contributed by atoms with van der Waals surface area (Å²) in [5.74, 6) is -0.00301. The molecular weight excluding hydrogens is 323 g/mol. The van der Waals surface area contributed by atoms with Crippen molar-refractivity contribution in [2.75, 3.05) is 6.54 Å². The van der Waals surface area contributed by atoms with Gasteiger partial charge in [0.2, 0.25) is 0 Å². The molecule has 1 aliphatic heterocycles. The Hall–Kier alpha value is -1.80. The summed E-state index contributed by atoms with van der Waals surface area (Å²) in [4.78, 5) is 18.1. The summed E-state index contributed by atoms with van der Waals surface area (Å²) in [5.41, 5.74) is 0. The number of hydrogen-bond donors (Lipinski definition) is 2. The van der Waals surface area contributed by atoms with E-state index in [0.717, 1.165) is 25.7 Å². The number of rotatable bonds is 3. The molecule has 0 bridgehead atoms. The van der Waals surface area contributed by atoms with Crippen LogP contribution in [0.15, 0.2) is 6.33 Å². The van der Waals surface area contributed by atoms with Gasteiger partial charge in [-0.15, -0.1) is 0 Å². The van der Waals surface area contributed by atoms with Crippen LogP contribution in [-0.4, -0.2) is 44.9 Å². The molecule has 2 fully saturated rings. The Bertz CT molecular complexity index is 542. The smallest absolute Gasteiger partial charge is 0.326 e. The number of likely N-dealkylation sites (tertiary alicyclic amines) is 1. The first kappa shape index (κ1) is 17.0. The Kier molecular flexibility index (Phi) is 4.96. The lowest BCUT2D eigenvalue weighted by atomic mass is 9.97. The number of alkyl halides is 3. The number of carbonyl (C=O) groups is 1. The highest BCUT2D eigenvalue weighted by Gasteiger charge is 2.47. The van der Waals surface area contributed by atoms with Crippen LogP contribution < -0.4 is 5.32 Å². The van der Waals surface area contributed by atoms with E-state index in [4.69, 9.17) is 0 Å². The lowest BCUT2D eigenvalue weighted by molar-refractivity contribution is -0.165. The molecule has 2 atom stereocenters. The second-order valence-electron chi connectivity index (χ2n) is 6.59. The third kappa shape index (κ3) is 3.64. The van der Waals surface area contributed by atoms with Crippen LogP contribution in [-0.2, 0) is 0 Å². The molecule has 1 saturated carbocycles. The van der Waals surface area contributed by atoms with E-state index in [-0.39, 0.29) is 6.04 Å². The van der Waals surface area contributed by atoms with Gasteiger partial charge >= 0.3 is 12.2 Å². The summed E-state index contributed by atoms with van der Waals surface area (Å²) in [6.45, 7) is 0.423. The number of hydrogen-bond acceptors (Lipinski definition) is 3. The third-order valence-electron chi connectivity index (χ3n) is 5.02. The maximum absolute atomic E-state index is 13.4. The Labute approximate surface area is 138 Å². The van der Waals surface area contributed by atoms with Crippen molar-refractivity contribution in [3.8, 4) is 0 Å². The molecule has 2 N–H and O–H groups in total. The molecule has 3 rings (SSSR count). The minimum absolute atomic E-state index is 0.348. The van der Waals surface area contributed by atoms with Crippen molar-refractivity contribution in [3.63, 3.8) is 0 Å². The molecular formula is C15H22F3N5O. The first-order valence-corrected chi connectivity index (χ1v) is 8.46. The molecule has 0 spiro atoms. The van der Waals surface area contributed by atoms with Crippen LogP contribution in [0.3, 0.4) is 0 Å². The van der Waals surface area contributed by atoms with Gasteiger partial charge in [0, 0.05) is 6.54 Å². The maximum atomic E-state index is 13.4. The van der Waals surface area contributed by atoms with E-state index in [1.54, 1.807) is 0 Å². The average Bonchev–Trinajstić information content (AvgIpc) is 3.24. The summed E-state index contributed by atoms with van der Waals surface area (Å²) in [5, 5.41) is 8.77. The zero-order valence-corrected chi connectivity index (χ0v) is 13.4. The van der Waals surface area contributed by atoms with E-state index in [2.05, 4.69) is 20.5 Å². The van der Waals surface area contributed by atoms with Crippen molar-refractivity contribution >= 4 is 6.03 Å². The first-order valence-electron chi connectivity index (χ1n) is 8.46. The van der Waals surface area contributed by atoms with Crippen LogP contribution in [0.1, 0.15) is 56.8 Å². The van der Waals surface area contributed by atoms with E-state index in [1.165, 1.54) is 11.2 Å². The van der Waals surface area contributed by atoms with Gasteiger partial charge in [-0.05, 0) is 38.0 Å². The predicted molar refractivity (Wildman–Crippen MR) is 80.0 cm³/mol. The van der Waals surface area contributed by atoms with Crippen molar-refractivity contribution in [1.29, 1.82) is 0 Å². The van der Waals surface area contributed by atoms with E-state index in [1.807, 2.05) is 0 Å². The number of aromatic nitrogens is 3. The molecule has 0 unspecified atom stereocenters. The lowest BCUT2D eigenvalue weighted by Gasteiger charge is -2.36. The third-order valence-corrected chi connectivity index (χ3v) is 5.02. The molecule has 0 aromatic carbocycles. The van der Waals surface area contributed by atoms with Crippen LogP contribution in [0.2, 0.25) is 0 Å². The molecule has 1 aromatic rings. The van der Waals surface area contributed by atoms with Gasteiger partial charge in [-0.2, -0.15) is 18.3 Å². The van der Waals surface area contributed by atoms with E-state index >= 15 is 0 Å². The maximum Gasteiger partial charge on any atom is 0.408 e. The van der Waals surface area contributed by atoms with Gasteiger partial charge in [-0.1, -0.05) is 12.8 Å². The minimum Gasteiger partial charge on any atom is -0.326 e. The number of nitrogens with zero attached hydrogens (tertiary/aromatic N) is 3. The van der Waals surface area contributed by atoms with E-state index in [0.29, 0.717) is 31.6 Å². The Balaban J connectivity index is 1.73. The van der Waals surface area contributed by atoms with Crippen molar-refractivity contribution < 1.29 is 18.0 Å². The lowest BCUT2D eigenvalue weighted by Crippen LogP contribution is -2.55. The fourth-order valence-corrected chi connectivity index (χ4v) is 3.81. The second kappa shape index (κ2) is 6.98. The number of piperidine rings is 1. The zero-order valence-electron chi connectivity index (χ0n) is 13.4. The quantitative estimate of drug-likeness (QED) is 0.884. The van der Waals surface area contributed by atoms with Gasteiger partial charge < -0.3 is 10.2 Å². The Morgan fingerprint density at radius 1 is 1.25 bits per heavy atom. The molecule has 24 heavy (non-hydrogen) atoms. The van der Waals surface area contributed by atoms with Gasteiger partial charge in [0.15, 0.2) is 0 Å². The van der Waals surface area contributed by atoms with Crippen LogP contribution in [0.5, 0.6) is 0 Å².